The number of ether oxygens (including phenoxy) is 1. The predicted molar refractivity (Wildman–Crippen MR) is 113 cm³/mol. The number of hydrogen-bond donors (Lipinski definition) is 1. The van der Waals surface area contributed by atoms with E-state index in [1.54, 1.807) is 16.5 Å². The highest BCUT2D eigenvalue weighted by molar-refractivity contribution is 7.13. The fraction of sp³-hybridized carbons (Fsp3) is 0.476. The van der Waals surface area contributed by atoms with Crippen LogP contribution < -0.4 is 5.32 Å². The number of thiazole rings is 1. The molecule has 7 heteroatoms. The highest BCUT2D eigenvalue weighted by Gasteiger charge is 2.19. The van der Waals surface area contributed by atoms with Crippen molar-refractivity contribution in [2.45, 2.75) is 39.5 Å². The lowest BCUT2D eigenvalue weighted by molar-refractivity contribution is -0.116. The van der Waals surface area contributed by atoms with Gasteiger partial charge in [-0.2, -0.15) is 0 Å². The minimum absolute atomic E-state index is 0.0118. The van der Waals surface area contributed by atoms with Crippen LogP contribution in [0.3, 0.4) is 0 Å². The second-order valence-electron chi connectivity index (χ2n) is 6.46. The number of anilines is 1. The Hall–Kier alpha value is -2.25. The number of benzene rings is 1. The molecule has 1 heterocycles. The molecule has 1 N–H and O–H groups in total. The Morgan fingerprint density at radius 2 is 1.96 bits per heavy atom. The van der Waals surface area contributed by atoms with Gasteiger partial charge in [-0.1, -0.05) is 25.5 Å². The third-order valence-electron chi connectivity index (χ3n) is 4.24. The molecule has 152 valence electrons. The maximum Gasteiger partial charge on any atom is 0.254 e. The van der Waals surface area contributed by atoms with Crippen molar-refractivity contribution in [3.05, 3.63) is 47.0 Å². The van der Waals surface area contributed by atoms with Crippen LogP contribution in [0.25, 0.3) is 0 Å². The summed E-state index contributed by atoms with van der Waals surface area (Å²) in [6.45, 7) is 5.74. The molecular weight excluding hydrogens is 374 g/mol. The predicted octanol–water partition coefficient (Wildman–Crippen LogP) is 3.99. The van der Waals surface area contributed by atoms with Crippen LogP contribution in [0.2, 0.25) is 0 Å². The van der Waals surface area contributed by atoms with Gasteiger partial charge in [-0.05, 0) is 43.9 Å². The minimum atomic E-state index is -0.251. The third kappa shape index (κ3) is 7.40. The van der Waals surface area contributed by atoms with Crippen molar-refractivity contribution in [3.63, 3.8) is 0 Å². The molecule has 2 amide bonds. The van der Waals surface area contributed by atoms with Gasteiger partial charge in [0.25, 0.3) is 5.91 Å². The number of rotatable bonds is 12. The summed E-state index contributed by atoms with van der Waals surface area (Å²) >= 11 is 1.35. The Balaban J connectivity index is 2.01. The lowest BCUT2D eigenvalue weighted by Gasteiger charge is -2.22. The standard InChI is InChI=1S/C21H29N3O3S/c1-3-5-7-17-8-10-18(11-9-17)20(26)24(13-6-14-27-4-2)16-19(25)23-21-22-12-15-28-21/h8-12,15H,3-7,13-14,16H2,1-2H3,(H,22,23,25). The molecule has 0 fully saturated rings. The molecule has 2 rings (SSSR count). The Morgan fingerprint density at radius 1 is 1.18 bits per heavy atom. The van der Waals surface area contributed by atoms with Gasteiger partial charge in [-0.15, -0.1) is 11.3 Å². The number of carbonyl (C=O) groups is 2. The number of aromatic nitrogens is 1. The topological polar surface area (TPSA) is 71.5 Å². The molecule has 2 aromatic rings. The molecule has 0 aliphatic heterocycles. The van der Waals surface area contributed by atoms with Crippen LogP contribution in [-0.2, 0) is 16.0 Å². The zero-order valence-corrected chi connectivity index (χ0v) is 17.5. The number of nitrogens with one attached hydrogen (secondary N) is 1. The maximum atomic E-state index is 13.0. The lowest BCUT2D eigenvalue weighted by Crippen LogP contribution is -2.39. The number of nitrogens with zero attached hydrogens (tertiary/aromatic N) is 2. The quantitative estimate of drug-likeness (QED) is 0.544. The molecular formula is C21H29N3O3S. The molecule has 6 nitrogen and oxygen atoms in total. The van der Waals surface area contributed by atoms with Gasteiger partial charge in [-0.3, -0.25) is 9.59 Å². The van der Waals surface area contributed by atoms with Crippen LogP contribution in [0, 0.1) is 0 Å². The number of unbranched alkanes of at least 4 members (excludes halogenated alkanes) is 1. The molecule has 28 heavy (non-hydrogen) atoms. The molecule has 0 atom stereocenters. The Morgan fingerprint density at radius 3 is 2.61 bits per heavy atom. The van der Waals surface area contributed by atoms with E-state index in [2.05, 4.69) is 17.2 Å². The lowest BCUT2D eigenvalue weighted by atomic mass is 10.1. The highest BCUT2D eigenvalue weighted by Crippen LogP contribution is 2.13. The Bertz CT molecular complexity index is 717. The third-order valence-corrected chi connectivity index (χ3v) is 4.93. The molecule has 0 aliphatic rings. The molecule has 0 aliphatic carbocycles. The van der Waals surface area contributed by atoms with Crippen molar-refractivity contribution in [1.29, 1.82) is 0 Å². The van der Waals surface area contributed by atoms with Crippen LogP contribution in [0.1, 0.15) is 49.0 Å². The first kappa shape index (κ1) is 22.0. The van der Waals surface area contributed by atoms with Crippen molar-refractivity contribution >= 4 is 28.3 Å². The summed E-state index contributed by atoms with van der Waals surface area (Å²) in [5, 5.41) is 5.06. The smallest absolute Gasteiger partial charge is 0.254 e. The first-order valence-electron chi connectivity index (χ1n) is 9.79. The molecule has 1 aromatic heterocycles. The van der Waals surface area contributed by atoms with Gasteiger partial charge in [0.05, 0.1) is 0 Å². The van der Waals surface area contributed by atoms with E-state index < -0.39 is 0 Å². The van der Waals surface area contributed by atoms with Crippen molar-refractivity contribution in [1.82, 2.24) is 9.88 Å². The van der Waals surface area contributed by atoms with E-state index >= 15 is 0 Å². The molecule has 0 saturated carbocycles. The molecule has 0 spiro atoms. The molecule has 0 radical (unpaired) electrons. The second-order valence-corrected chi connectivity index (χ2v) is 7.36. The zero-order chi connectivity index (χ0) is 20.2. The van der Waals surface area contributed by atoms with Crippen LogP contribution in [0.4, 0.5) is 5.13 Å². The Labute approximate surface area is 170 Å². The van der Waals surface area contributed by atoms with Crippen molar-refractivity contribution < 1.29 is 14.3 Å². The van der Waals surface area contributed by atoms with Gasteiger partial charge < -0.3 is 15.0 Å². The van der Waals surface area contributed by atoms with Crippen LogP contribution >= 0.6 is 11.3 Å². The van der Waals surface area contributed by atoms with Gasteiger partial charge in [0.1, 0.15) is 6.54 Å². The summed E-state index contributed by atoms with van der Waals surface area (Å²) in [5.74, 6) is -0.396. The fourth-order valence-electron chi connectivity index (χ4n) is 2.75. The van der Waals surface area contributed by atoms with Crippen molar-refractivity contribution in [3.8, 4) is 0 Å². The summed E-state index contributed by atoms with van der Waals surface area (Å²) in [7, 11) is 0. The Kier molecular flexibility index (Phi) is 9.65. The summed E-state index contributed by atoms with van der Waals surface area (Å²) < 4.78 is 5.37. The minimum Gasteiger partial charge on any atom is -0.382 e. The first-order chi connectivity index (χ1) is 13.6. The number of carbonyl (C=O) groups excluding carboxylic acids is 2. The average Bonchev–Trinajstić information content (AvgIpc) is 3.21. The van der Waals surface area contributed by atoms with E-state index in [1.807, 2.05) is 31.2 Å². The maximum absolute atomic E-state index is 13.0. The number of amides is 2. The van der Waals surface area contributed by atoms with E-state index in [9.17, 15) is 9.59 Å². The average molecular weight is 404 g/mol. The molecule has 0 unspecified atom stereocenters. The fourth-order valence-corrected chi connectivity index (χ4v) is 3.29. The van der Waals surface area contributed by atoms with E-state index in [4.69, 9.17) is 4.74 Å². The normalized spacial score (nSPS) is 10.6. The van der Waals surface area contributed by atoms with E-state index in [-0.39, 0.29) is 18.4 Å². The second kappa shape index (κ2) is 12.3. The van der Waals surface area contributed by atoms with Crippen LogP contribution in [0.5, 0.6) is 0 Å². The van der Waals surface area contributed by atoms with Gasteiger partial charge in [0.2, 0.25) is 5.91 Å². The van der Waals surface area contributed by atoms with Gasteiger partial charge in [0, 0.05) is 36.9 Å². The van der Waals surface area contributed by atoms with E-state index in [1.165, 1.54) is 16.9 Å². The van der Waals surface area contributed by atoms with Crippen LogP contribution in [-0.4, -0.2) is 48.0 Å². The van der Waals surface area contributed by atoms with Crippen LogP contribution in [0.15, 0.2) is 35.8 Å². The highest BCUT2D eigenvalue weighted by atomic mass is 32.1. The van der Waals surface area contributed by atoms with E-state index in [0.29, 0.717) is 36.9 Å². The van der Waals surface area contributed by atoms with Gasteiger partial charge in [0.15, 0.2) is 5.13 Å². The number of hydrogen-bond acceptors (Lipinski definition) is 5. The summed E-state index contributed by atoms with van der Waals surface area (Å²) in [6, 6.07) is 7.69. The number of aryl methyl sites for hydroxylation is 1. The molecule has 1 aromatic carbocycles. The van der Waals surface area contributed by atoms with Gasteiger partial charge >= 0.3 is 0 Å². The zero-order valence-electron chi connectivity index (χ0n) is 16.6. The first-order valence-corrected chi connectivity index (χ1v) is 10.7. The van der Waals surface area contributed by atoms with E-state index in [0.717, 1.165) is 19.3 Å². The summed E-state index contributed by atoms with van der Waals surface area (Å²) in [5.41, 5.74) is 1.82. The largest absolute Gasteiger partial charge is 0.382 e. The SMILES string of the molecule is CCCCc1ccc(C(=O)N(CCCOCC)CC(=O)Nc2nccs2)cc1. The monoisotopic (exact) mass is 403 g/mol. The summed E-state index contributed by atoms with van der Waals surface area (Å²) in [6.07, 6.45) is 5.60. The molecule has 0 bridgehead atoms. The molecule has 0 saturated heterocycles. The van der Waals surface area contributed by atoms with Crippen molar-refractivity contribution in [2.24, 2.45) is 0 Å². The van der Waals surface area contributed by atoms with Gasteiger partial charge in [-0.25, -0.2) is 4.98 Å². The van der Waals surface area contributed by atoms with Crippen molar-refractivity contribution in [2.75, 3.05) is 31.6 Å². The summed E-state index contributed by atoms with van der Waals surface area (Å²) in [4.78, 5) is 30.9.